The van der Waals surface area contributed by atoms with Gasteiger partial charge in [-0.05, 0) is 11.6 Å². The first-order chi connectivity index (χ1) is 9.48. The molecule has 3 nitrogen and oxygen atoms in total. The predicted octanol–water partition coefficient (Wildman–Crippen LogP) is 2.86. The summed E-state index contributed by atoms with van der Waals surface area (Å²) in [5, 5.41) is 6.56. The molecule has 0 aliphatic carbocycles. The molecule has 20 heavy (non-hydrogen) atoms. The lowest BCUT2D eigenvalue weighted by Gasteiger charge is -2.22. The molecule has 1 unspecified atom stereocenters. The zero-order valence-electron chi connectivity index (χ0n) is 11.1. The van der Waals surface area contributed by atoms with Crippen molar-refractivity contribution in [3.63, 3.8) is 0 Å². The van der Waals surface area contributed by atoms with E-state index in [1.165, 1.54) is 12.1 Å². The van der Waals surface area contributed by atoms with Gasteiger partial charge in [0.25, 0.3) is 0 Å². The van der Waals surface area contributed by atoms with Crippen LogP contribution in [0, 0.1) is 0 Å². The third kappa shape index (κ3) is 3.60. The second-order valence-corrected chi connectivity index (χ2v) is 4.54. The van der Waals surface area contributed by atoms with E-state index < -0.39 is 12.2 Å². The Labute approximate surface area is 115 Å². The Balaban J connectivity index is 2.01. The molecule has 0 fully saturated rings. The van der Waals surface area contributed by atoms with Gasteiger partial charge in [0.05, 0.1) is 0 Å². The zero-order valence-corrected chi connectivity index (χ0v) is 11.1. The maximum atomic E-state index is 13.1. The summed E-state index contributed by atoms with van der Waals surface area (Å²) in [6.07, 6.45) is -2.18. The van der Waals surface area contributed by atoms with Crippen molar-refractivity contribution in [3.8, 4) is 0 Å². The van der Waals surface area contributed by atoms with Gasteiger partial charge in [0, 0.05) is 31.9 Å². The Hall–Kier alpha value is -1.82. The fourth-order valence-corrected chi connectivity index (χ4v) is 2.06. The number of rotatable bonds is 5. The lowest BCUT2D eigenvalue weighted by atomic mass is 10.1. The third-order valence-electron chi connectivity index (χ3n) is 3.11. The van der Waals surface area contributed by atoms with Crippen LogP contribution in [0.25, 0.3) is 0 Å². The average molecular weight is 283 g/mol. The molecule has 0 saturated heterocycles. The maximum absolute atomic E-state index is 13.1. The van der Waals surface area contributed by atoms with Crippen molar-refractivity contribution in [2.45, 2.75) is 18.6 Å². The minimum absolute atomic E-state index is 0.227. The summed E-state index contributed by atoms with van der Waals surface area (Å²) in [5.74, 6) is 0. The Morgan fingerprint density at radius 3 is 2.45 bits per heavy atom. The molecule has 6 heteroatoms. The minimum Gasteiger partial charge on any atom is -0.302 e. The van der Waals surface area contributed by atoms with Crippen LogP contribution in [0.15, 0.2) is 42.6 Å². The van der Waals surface area contributed by atoms with Gasteiger partial charge in [0.15, 0.2) is 0 Å². The van der Waals surface area contributed by atoms with Gasteiger partial charge in [-0.1, -0.05) is 30.3 Å². The monoisotopic (exact) mass is 283 g/mol. The number of halogens is 3. The molecule has 0 saturated carbocycles. The molecule has 108 valence electrons. The van der Waals surface area contributed by atoms with E-state index in [1.54, 1.807) is 42.2 Å². The number of aromatic nitrogens is 2. The van der Waals surface area contributed by atoms with Gasteiger partial charge in [-0.25, -0.2) is 0 Å². The first kappa shape index (κ1) is 14.6. The number of aryl methyl sites for hydroxylation is 1. The molecule has 1 aromatic carbocycles. The summed E-state index contributed by atoms with van der Waals surface area (Å²) in [7, 11) is 1.77. The standard InChI is InChI=1S/C14H16F3N3/c1-20-12(8-10-19-20)7-9-18-13(14(15,16)17)11-5-3-2-4-6-11/h2-6,8,10,13,18H,7,9H2,1H3. The number of nitrogens with one attached hydrogen (secondary N) is 1. The SMILES string of the molecule is Cn1nccc1CCNC(c1ccccc1)C(F)(F)F. The van der Waals surface area contributed by atoms with Crippen LogP contribution in [0.1, 0.15) is 17.3 Å². The highest BCUT2D eigenvalue weighted by Gasteiger charge is 2.40. The number of nitrogens with zero attached hydrogens (tertiary/aromatic N) is 2. The van der Waals surface area contributed by atoms with Gasteiger partial charge in [-0.2, -0.15) is 18.3 Å². The van der Waals surface area contributed by atoms with E-state index in [2.05, 4.69) is 10.4 Å². The summed E-state index contributed by atoms with van der Waals surface area (Å²) in [4.78, 5) is 0. The van der Waals surface area contributed by atoms with E-state index in [4.69, 9.17) is 0 Å². The van der Waals surface area contributed by atoms with Crippen LogP contribution in [-0.2, 0) is 13.5 Å². The molecular formula is C14H16F3N3. The highest BCUT2D eigenvalue weighted by Crippen LogP contribution is 2.32. The van der Waals surface area contributed by atoms with E-state index in [-0.39, 0.29) is 12.1 Å². The van der Waals surface area contributed by atoms with Gasteiger partial charge >= 0.3 is 6.18 Å². The van der Waals surface area contributed by atoms with Crippen molar-refractivity contribution in [1.29, 1.82) is 0 Å². The summed E-state index contributed by atoms with van der Waals surface area (Å²) >= 11 is 0. The molecule has 0 spiro atoms. The van der Waals surface area contributed by atoms with Crippen molar-refractivity contribution >= 4 is 0 Å². The molecule has 1 atom stereocenters. The molecule has 0 bridgehead atoms. The molecule has 1 N–H and O–H groups in total. The van der Waals surface area contributed by atoms with Crippen LogP contribution < -0.4 is 5.32 Å². The summed E-state index contributed by atoms with van der Waals surface area (Å²) < 4.78 is 40.9. The van der Waals surface area contributed by atoms with Crippen molar-refractivity contribution in [2.24, 2.45) is 7.05 Å². The number of benzene rings is 1. The summed E-state index contributed by atoms with van der Waals surface area (Å²) in [5.41, 5.74) is 1.12. The third-order valence-corrected chi connectivity index (χ3v) is 3.11. The fourth-order valence-electron chi connectivity index (χ4n) is 2.06. The zero-order chi connectivity index (χ0) is 14.6. The number of hydrogen-bond donors (Lipinski definition) is 1. The van der Waals surface area contributed by atoms with Crippen molar-refractivity contribution < 1.29 is 13.2 Å². The number of hydrogen-bond acceptors (Lipinski definition) is 2. The van der Waals surface area contributed by atoms with Crippen LogP contribution in [0.3, 0.4) is 0 Å². The highest BCUT2D eigenvalue weighted by atomic mass is 19.4. The van der Waals surface area contributed by atoms with Gasteiger partial charge in [-0.3, -0.25) is 4.68 Å². The normalized spacial score (nSPS) is 13.4. The molecule has 1 heterocycles. The van der Waals surface area contributed by atoms with Gasteiger partial charge in [0.2, 0.25) is 0 Å². The van der Waals surface area contributed by atoms with Crippen molar-refractivity contribution in [2.75, 3.05) is 6.54 Å². The van der Waals surface area contributed by atoms with E-state index in [0.717, 1.165) is 5.69 Å². The second-order valence-electron chi connectivity index (χ2n) is 4.54. The summed E-state index contributed by atoms with van der Waals surface area (Å²) in [6.45, 7) is 0.235. The first-order valence-corrected chi connectivity index (χ1v) is 6.30. The van der Waals surface area contributed by atoms with Crippen LogP contribution in [0.5, 0.6) is 0 Å². The minimum atomic E-state index is -4.31. The largest absolute Gasteiger partial charge is 0.407 e. The van der Waals surface area contributed by atoms with E-state index in [0.29, 0.717) is 6.42 Å². The molecule has 2 rings (SSSR count). The second kappa shape index (κ2) is 6.09. The topological polar surface area (TPSA) is 29.9 Å². The first-order valence-electron chi connectivity index (χ1n) is 6.30. The lowest BCUT2D eigenvalue weighted by molar-refractivity contribution is -0.157. The average Bonchev–Trinajstić information content (AvgIpc) is 2.80. The van der Waals surface area contributed by atoms with Crippen molar-refractivity contribution in [3.05, 3.63) is 53.9 Å². The van der Waals surface area contributed by atoms with Crippen LogP contribution in [-0.4, -0.2) is 22.5 Å². The smallest absolute Gasteiger partial charge is 0.302 e. The highest BCUT2D eigenvalue weighted by molar-refractivity contribution is 5.20. The van der Waals surface area contributed by atoms with Crippen LogP contribution >= 0.6 is 0 Å². The van der Waals surface area contributed by atoms with E-state index in [1.807, 2.05) is 0 Å². The van der Waals surface area contributed by atoms with Crippen LogP contribution in [0.2, 0.25) is 0 Å². The molecular weight excluding hydrogens is 267 g/mol. The maximum Gasteiger partial charge on any atom is 0.407 e. The molecule has 0 radical (unpaired) electrons. The van der Waals surface area contributed by atoms with E-state index >= 15 is 0 Å². The Bertz CT molecular complexity index is 534. The Morgan fingerprint density at radius 1 is 1.20 bits per heavy atom. The Kier molecular flexibility index (Phi) is 4.44. The molecule has 1 aromatic heterocycles. The molecule has 0 amide bonds. The van der Waals surface area contributed by atoms with Gasteiger partial charge < -0.3 is 5.32 Å². The molecule has 0 aliphatic rings. The summed E-state index contributed by atoms with van der Waals surface area (Å²) in [6, 6.07) is 8.04. The van der Waals surface area contributed by atoms with Gasteiger partial charge in [-0.15, -0.1) is 0 Å². The molecule has 0 aliphatic heterocycles. The number of alkyl halides is 3. The quantitative estimate of drug-likeness (QED) is 0.914. The molecule has 2 aromatic rings. The Morgan fingerprint density at radius 2 is 1.90 bits per heavy atom. The predicted molar refractivity (Wildman–Crippen MR) is 70.2 cm³/mol. The van der Waals surface area contributed by atoms with Crippen LogP contribution in [0.4, 0.5) is 13.2 Å². The fraction of sp³-hybridized carbons (Fsp3) is 0.357. The van der Waals surface area contributed by atoms with Crippen molar-refractivity contribution in [1.82, 2.24) is 15.1 Å². The van der Waals surface area contributed by atoms with Gasteiger partial charge in [0.1, 0.15) is 6.04 Å². The lowest BCUT2D eigenvalue weighted by Crippen LogP contribution is -2.35. The van der Waals surface area contributed by atoms with E-state index in [9.17, 15) is 13.2 Å².